The first kappa shape index (κ1) is 6.82. The highest BCUT2D eigenvalue weighted by Crippen LogP contribution is 2.03. The van der Waals surface area contributed by atoms with Gasteiger partial charge in [0.1, 0.15) is 0 Å². The van der Waals surface area contributed by atoms with Gasteiger partial charge in [-0.25, -0.2) is 4.79 Å². The summed E-state index contributed by atoms with van der Waals surface area (Å²) in [5, 5.41) is 18.0. The smallest absolute Gasteiger partial charge is 0.335 e. The number of carbonyl (C=O) groups is 1. The minimum absolute atomic E-state index is 0.213. The first-order valence-electron chi connectivity index (χ1n) is 2.77. The third-order valence-electron chi connectivity index (χ3n) is 1.17. The highest BCUT2D eigenvalue weighted by atomic mass is 16.5. The van der Waals surface area contributed by atoms with Crippen LogP contribution in [0.4, 0.5) is 0 Å². The van der Waals surface area contributed by atoms with Crippen LogP contribution in [0.2, 0.25) is 0 Å². The fourth-order valence-corrected chi connectivity index (χ4v) is 0.646. The molecule has 0 saturated heterocycles. The van der Waals surface area contributed by atoms with E-state index in [-0.39, 0.29) is 12.1 Å². The highest BCUT2D eigenvalue weighted by molar-refractivity contribution is 5.89. The maximum atomic E-state index is 10.2. The second-order valence-electron chi connectivity index (χ2n) is 1.90. The van der Waals surface area contributed by atoms with Gasteiger partial charge in [0.25, 0.3) is 0 Å². The van der Waals surface area contributed by atoms with E-state index in [4.69, 9.17) is 10.3 Å². The van der Waals surface area contributed by atoms with Crippen molar-refractivity contribution in [2.24, 2.45) is 0 Å². The predicted molar refractivity (Wildman–Crippen MR) is 33.4 cm³/mol. The average molecular weight is 141 g/mol. The number of hydroxylamine groups is 2. The number of aliphatic carboxylic acids is 1. The average Bonchev–Trinajstić information content (AvgIpc) is 1.88. The van der Waals surface area contributed by atoms with Gasteiger partial charge in [-0.15, -0.1) is 0 Å². The largest absolute Gasteiger partial charge is 0.478 e. The lowest BCUT2D eigenvalue weighted by molar-refractivity contribution is -0.132. The van der Waals surface area contributed by atoms with Crippen molar-refractivity contribution >= 4 is 5.97 Å². The third-order valence-corrected chi connectivity index (χ3v) is 1.17. The van der Waals surface area contributed by atoms with Gasteiger partial charge in [-0.2, -0.15) is 0 Å². The molecule has 0 amide bonds. The van der Waals surface area contributed by atoms with Crippen molar-refractivity contribution in [3.05, 3.63) is 23.9 Å². The number of hydrogen-bond donors (Lipinski definition) is 2. The molecule has 4 heteroatoms. The molecular formula is C6H7NO3. The zero-order valence-corrected chi connectivity index (χ0v) is 5.19. The Balaban J connectivity index is 2.67. The molecule has 0 aliphatic carbocycles. The van der Waals surface area contributed by atoms with Crippen LogP contribution in [-0.2, 0) is 4.79 Å². The molecule has 0 aromatic heterocycles. The van der Waals surface area contributed by atoms with Crippen molar-refractivity contribution in [2.75, 3.05) is 6.54 Å². The number of carboxylic acids is 1. The summed E-state index contributed by atoms with van der Waals surface area (Å²) in [6.07, 6.45) is 4.08. The molecular weight excluding hydrogens is 134 g/mol. The monoisotopic (exact) mass is 141 g/mol. The van der Waals surface area contributed by atoms with Gasteiger partial charge < -0.3 is 5.11 Å². The van der Waals surface area contributed by atoms with Crippen LogP contribution in [0.5, 0.6) is 0 Å². The second kappa shape index (κ2) is 2.53. The van der Waals surface area contributed by atoms with Gasteiger partial charge in [0, 0.05) is 6.20 Å². The van der Waals surface area contributed by atoms with E-state index in [1.54, 1.807) is 0 Å². The molecule has 0 aromatic rings. The van der Waals surface area contributed by atoms with Crippen molar-refractivity contribution < 1.29 is 15.1 Å². The van der Waals surface area contributed by atoms with E-state index in [0.717, 1.165) is 5.06 Å². The molecule has 0 bridgehead atoms. The Bertz CT molecular complexity index is 207. The van der Waals surface area contributed by atoms with Crippen LogP contribution in [-0.4, -0.2) is 27.9 Å². The molecule has 4 nitrogen and oxygen atoms in total. The lowest BCUT2D eigenvalue weighted by atomic mass is 10.2. The van der Waals surface area contributed by atoms with Gasteiger partial charge in [0.2, 0.25) is 0 Å². The number of hydrogen-bond acceptors (Lipinski definition) is 3. The Morgan fingerprint density at radius 2 is 2.40 bits per heavy atom. The van der Waals surface area contributed by atoms with Gasteiger partial charge in [-0.3, -0.25) is 10.3 Å². The van der Waals surface area contributed by atoms with E-state index >= 15 is 0 Å². The normalized spacial score (nSPS) is 16.9. The van der Waals surface area contributed by atoms with E-state index in [1.165, 1.54) is 18.4 Å². The zero-order chi connectivity index (χ0) is 7.56. The van der Waals surface area contributed by atoms with Crippen molar-refractivity contribution in [1.29, 1.82) is 0 Å². The van der Waals surface area contributed by atoms with Crippen LogP contribution in [0, 0.1) is 0 Å². The molecule has 0 unspecified atom stereocenters. The van der Waals surface area contributed by atoms with Gasteiger partial charge in [0.15, 0.2) is 0 Å². The first-order valence-corrected chi connectivity index (χ1v) is 2.77. The zero-order valence-electron chi connectivity index (χ0n) is 5.19. The highest BCUT2D eigenvalue weighted by Gasteiger charge is 2.06. The van der Waals surface area contributed by atoms with Crippen LogP contribution in [0.1, 0.15) is 0 Å². The van der Waals surface area contributed by atoms with E-state index in [0.29, 0.717) is 0 Å². The Labute approximate surface area is 57.6 Å². The maximum Gasteiger partial charge on any atom is 0.335 e. The Morgan fingerprint density at radius 3 is 2.80 bits per heavy atom. The van der Waals surface area contributed by atoms with Crippen LogP contribution >= 0.6 is 0 Å². The first-order chi connectivity index (χ1) is 4.70. The minimum Gasteiger partial charge on any atom is -0.478 e. The summed E-state index contributed by atoms with van der Waals surface area (Å²) in [5.41, 5.74) is 0.213. The molecule has 1 aliphatic rings. The molecule has 1 aliphatic heterocycles. The quantitative estimate of drug-likeness (QED) is 0.548. The van der Waals surface area contributed by atoms with Gasteiger partial charge in [0.05, 0.1) is 12.1 Å². The van der Waals surface area contributed by atoms with E-state index in [9.17, 15) is 4.79 Å². The van der Waals surface area contributed by atoms with E-state index in [1.807, 2.05) is 0 Å². The van der Waals surface area contributed by atoms with Crippen molar-refractivity contribution in [3.63, 3.8) is 0 Å². The Kier molecular flexibility index (Phi) is 1.73. The number of carboxylic acid groups (broad SMARTS) is 1. The second-order valence-corrected chi connectivity index (χ2v) is 1.90. The van der Waals surface area contributed by atoms with Crippen LogP contribution in [0.25, 0.3) is 0 Å². The summed E-state index contributed by atoms with van der Waals surface area (Å²) in [6, 6.07) is 0. The lowest BCUT2D eigenvalue weighted by Gasteiger charge is -2.12. The predicted octanol–water partition coefficient (Wildman–Crippen LogP) is 0.216. The fraction of sp³-hybridized carbons (Fsp3) is 0.167. The summed E-state index contributed by atoms with van der Waals surface area (Å²) in [7, 11) is 0. The summed E-state index contributed by atoms with van der Waals surface area (Å²) in [4.78, 5) is 10.2. The molecule has 1 rings (SSSR count). The van der Waals surface area contributed by atoms with Crippen LogP contribution in [0.3, 0.4) is 0 Å². The van der Waals surface area contributed by atoms with Crippen molar-refractivity contribution in [1.82, 2.24) is 5.06 Å². The van der Waals surface area contributed by atoms with Gasteiger partial charge in [-0.05, 0) is 12.2 Å². The van der Waals surface area contributed by atoms with E-state index < -0.39 is 5.97 Å². The van der Waals surface area contributed by atoms with Crippen molar-refractivity contribution in [3.8, 4) is 0 Å². The molecule has 54 valence electrons. The van der Waals surface area contributed by atoms with E-state index in [2.05, 4.69) is 0 Å². The molecule has 0 aromatic carbocycles. The fourth-order valence-electron chi connectivity index (χ4n) is 0.646. The third kappa shape index (κ3) is 1.35. The van der Waals surface area contributed by atoms with Crippen LogP contribution < -0.4 is 0 Å². The van der Waals surface area contributed by atoms with Gasteiger partial charge in [-0.1, -0.05) is 0 Å². The lowest BCUT2D eigenvalue weighted by Crippen LogP contribution is -2.16. The molecule has 0 radical (unpaired) electrons. The van der Waals surface area contributed by atoms with Crippen molar-refractivity contribution in [2.45, 2.75) is 0 Å². The molecule has 0 saturated carbocycles. The Morgan fingerprint density at radius 1 is 1.70 bits per heavy atom. The minimum atomic E-state index is -0.968. The number of nitrogens with zero attached hydrogens (tertiary/aromatic N) is 1. The summed E-state index contributed by atoms with van der Waals surface area (Å²) in [5.74, 6) is -0.968. The Hall–Kier alpha value is -1.29. The molecule has 0 spiro atoms. The molecule has 10 heavy (non-hydrogen) atoms. The maximum absolute atomic E-state index is 10.2. The van der Waals surface area contributed by atoms with Crippen LogP contribution in [0.15, 0.2) is 23.9 Å². The number of rotatable bonds is 1. The summed E-state index contributed by atoms with van der Waals surface area (Å²) >= 11 is 0. The summed E-state index contributed by atoms with van der Waals surface area (Å²) in [6.45, 7) is 0.234. The van der Waals surface area contributed by atoms with Gasteiger partial charge >= 0.3 is 5.97 Å². The molecule has 2 N–H and O–H groups in total. The molecule has 0 atom stereocenters. The molecule has 1 heterocycles. The topological polar surface area (TPSA) is 60.8 Å². The molecule has 0 fully saturated rings. The standard InChI is InChI=1S/C6H7NO3/c8-6(9)5-1-3-7(10)4-2-5/h1-3,10H,4H2,(H,8,9). The SMILES string of the molecule is O=C(O)C1=CCN(O)C=C1. The summed E-state index contributed by atoms with van der Waals surface area (Å²) < 4.78 is 0.